The average molecular weight is 395 g/mol. The van der Waals surface area contributed by atoms with Gasteiger partial charge >= 0.3 is 0 Å². The van der Waals surface area contributed by atoms with Crippen molar-refractivity contribution in [3.05, 3.63) is 82.9 Å². The van der Waals surface area contributed by atoms with Crippen molar-refractivity contribution in [3.8, 4) is 11.8 Å². The first-order valence-electron chi connectivity index (χ1n) is 11.9. The Hall–Kier alpha value is -2.52. The average Bonchev–Trinajstić information content (AvgIpc) is 2.81. The van der Waals surface area contributed by atoms with Crippen LogP contribution in [0.15, 0.2) is 60.7 Å². The molecule has 3 aromatic rings. The van der Waals surface area contributed by atoms with Gasteiger partial charge < -0.3 is 0 Å². The summed E-state index contributed by atoms with van der Waals surface area (Å²) in [6.45, 7) is 4.50. The minimum atomic E-state index is 0.749. The van der Waals surface area contributed by atoms with Crippen LogP contribution in [0.5, 0.6) is 0 Å². The zero-order chi connectivity index (χ0) is 20.8. The molecule has 154 valence electrons. The van der Waals surface area contributed by atoms with E-state index in [9.17, 15) is 0 Å². The first-order chi connectivity index (χ1) is 14.7. The Morgan fingerprint density at radius 1 is 0.733 bits per heavy atom. The molecule has 0 bridgehead atoms. The standard InChI is InChI=1S/C30H34/c1-3-5-6-24-10-15-27(16-11-24)28-17-12-25(13-18-28)7-8-26-14-20-29-21-23(4-2)9-19-30(29)22-26/h9,12-14,17-22,24,27H,3-6,10-11,15-16H2,1-2H3. The lowest BCUT2D eigenvalue weighted by atomic mass is 9.77. The molecule has 0 aliphatic heterocycles. The molecule has 0 aromatic heterocycles. The summed E-state index contributed by atoms with van der Waals surface area (Å²) >= 11 is 0. The number of benzene rings is 3. The third kappa shape index (κ3) is 5.14. The number of aryl methyl sites for hydroxylation is 1. The minimum absolute atomic E-state index is 0.749. The Morgan fingerprint density at radius 2 is 1.40 bits per heavy atom. The van der Waals surface area contributed by atoms with Crippen LogP contribution in [0, 0.1) is 17.8 Å². The van der Waals surface area contributed by atoms with Crippen LogP contribution >= 0.6 is 0 Å². The molecule has 0 nitrogen and oxygen atoms in total. The summed E-state index contributed by atoms with van der Waals surface area (Å²) in [5.74, 6) is 8.44. The second kappa shape index (κ2) is 9.99. The highest BCUT2D eigenvalue weighted by Crippen LogP contribution is 2.37. The maximum atomic E-state index is 3.36. The van der Waals surface area contributed by atoms with Gasteiger partial charge in [0.1, 0.15) is 0 Å². The molecule has 30 heavy (non-hydrogen) atoms. The second-order valence-electron chi connectivity index (χ2n) is 8.98. The van der Waals surface area contributed by atoms with Crippen LogP contribution in [0.3, 0.4) is 0 Å². The lowest BCUT2D eigenvalue weighted by Gasteiger charge is -2.28. The molecule has 0 heteroatoms. The zero-order valence-corrected chi connectivity index (χ0v) is 18.6. The van der Waals surface area contributed by atoms with E-state index >= 15 is 0 Å². The van der Waals surface area contributed by atoms with E-state index in [1.165, 1.54) is 66.8 Å². The predicted octanol–water partition coefficient (Wildman–Crippen LogP) is 8.27. The number of unbranched alkanes of at least 4 members (excludes halogenated alkanes) is 1. The van der Waals surface area contributed by atoms with Gasteiger partial charge in [-0.05, 0) is 90.1 Å². The first kappa shape index (κ1) is 20.7. The molecule has 1 aliphatic rings. The number of hydrogen-bond donors (Lipinski definition) is 0. The van der Waals surface area contributed by atoms with Gasteiger partial charge in [0.2, 0.25) is 0 Å². The van der Waals surface area contributed by atoms with Crippen molar-refractivity contribution in [3.63, 3.8) is 0 Å². The predicted molar refractivity (Wildman–Crippen MR) is 130 cm³/mol. The monoisotopic (exact) mass is 394 g/mol. The summed E-state index contributed by atoms with van der Waals surface area (Å²) in [5.41, 5.74) is 5.08. The molecule has 3 aromatic carbocycles. The van der Waals surface area contributed by atoms with E-state index in [1.54, 1.807) is 0 Å². The van der Waals surface area contributed by atoms with Crippen molar-refractivity contribution in [2.24, 2.45) is 5.92 Å². The SMILES string of the molecule is CCCCC1CCC(c2ccc(C#Cc3ccc4cc(CC)ccc4c3)cc2)CC1. The summed E-state index contributed by atoms with van der Waals surface area (Å²) in [6.07, 6.45) is 10.8. The van der Waals surface area contributed by atoms with Crippen molar-refractivity contribution < 1.29 is 0 Å². The fourth-order valence-corrected chi connectivity index (χ4v) is 4.85. The summed E-state index contributed by atoms with van der Waals surface area (Å²) in [4.78, 5) is 0. The van der Waals surface area contributed by atoms with Crippen LogP contribution in [0.25, 0.3) is 10.8 Å². The molecule has 4 rings (SSSR count). The van der Waals surface area contributed by atoms with E-state index in [2.05, 4.69) is 86.4 Å². The molecule has 0 amide bonds. The van der Waals surface area contributed by atoms with E-state index in [4.69, 9.17) is 0 Å². The molecule has 1 aliphatic carbocycles. The van der Waals surface area contributed by atoms with E-state index in [0.29, 0.717) is 0 Å². The van der Waals surface area contributed by atoms with Gasteiger partial charge in [-0.15, -0.1) is 0 Å². The fourth-order valence-electron chi connectivity index (χ4n) is 4.85. The van der Waals surface area contributed by atoms with Crippen molar-refractivity contribution in [2.45, 2.75) is 71.1 Å². The van der Waals surface area contributed by atoms with Gasteiger partial charge in [0.25, 0.3) is 0 Å². The van der Waals surface area contributed by atoms with Crippen molar-refractivity contribution in [2.75, 3.05) is 0 Å². The fraction of sp³-hybridized carbons (Fsp3) is 0.400. The van der Waals surface area contributed by atoms with Gasteiger partial charge in [0.15, 0.2) is 0 Å². The number of rotatable bonds is 5. The minimum Gasteiger partial charge on any atom is -0.0654 e. The third-order valence-electron chi connectivity index (χ3n) is 6.86. The first-order valence-corrected chi connectivity index (χ1v) is 11.9. The molecule has 0 spiro atoms. The topological polar surface area (TPSA) is 0 Å². The number of hydrogen-bond acceptors (Lipinski definition) is 0. The smallest absolute Gasteiger partial charge is 0.0255 e. The molecule has 0 N–H and O–H groups in total. The number of fused-ring (bicyclic) bond motifs is 1. The Bertz CT molecular complexity index is 1020. The second-order valence-corrected chi connectivity index (χ2v) is 8.98. The van der Waals surface area contributed by atoms with Gasteiger partial charge in [-0.25, -0.2) is 0 Å². The maximum Gasteiger partial charge on any atom is 0.0255 e. The lowest BCUT2D eigenvalue weighted by molar-refractivity contribution is 0.304. The van der Waals surface area contributed by atoms with Gasteiger partial charge in [-0.2, -0.15) is 0 Å². The van der Waals surface area contributed by atoms with Crippen LogP contribution in [-0.4, -0.2) is 0 Å². The van der Waals surface area contributed by atoms with Crippen LogP contribution in [0.4, 0.5) is 0 Å². The van der Waals surface area contributed by atoms with E-state index < -0.39 is 0 Å². The highest BCUT2D eigenvalue weighted by molar-refractivity contribution is 5.84. The van der Waals surface area contributed by atoms with E-state index in [-0.39, 0.29) is 0 Å². The Labute approximate surface area is 182 Å². The summed E-state index contributed by atoms with van der Waals surface area (Å²) in [5, 5.41) is 2.57. The van der Waals surface area contributed by atoms with Gasteiger partial charge in [0, 0.05) is 11.1 Å². The Balaban J connectivity index is 1.40. The molecule has 0 unspecified atom stereocenters. The van der Waals surface area contributed by atoms with Crippen LogP contribution in [0.1, 0.15) is 87.0 Å². The lowest BCUT2D eigenvalue weighted by Crippen LogP contribution is -2.13. The summed E-state index contributed by atoms with van der Waals surface area (Å²) < 4.78 is 0. The molecular formula is C30H34. The van der Waals surface area contributed by atoms with Crippen molar-refractivity contribution in [1.29, 1.82) is 0 Å². The summed E-state index contributed by atoms with van der Waals surface area (Å²) in [6, 6.07) is 22.3. The van der Waals surface area contributed by atoms with Crippen LogP contribution < -0.4 is 0 Å². The molecule has 1 fully saturated rings. The van der Waals surface area contributed by atoms with Crippen molar-refractivity contribution >= 4 is 10.8 Å². The highest BCUT2D eigenvalue weighted by atomic mass is 14.3. The molecular weight excluding hydrogens is 360 g/mol. The van der Waals surface area contributed by atoms with Crippen molar-refractivity contribution in [1.82, 2.24) is 0 Å². The molecule has 0 radical (unpaired) electrons. The molecule has 0 heterocycles. The third-order valence-corrected chi connectivity index (χ3v) is 6.86. The van der Waals surface area contributed by atoms with E-state index in [0.717, 1.165) is 29.4 Å². The van der Waals surface area contributed by atoms with E-state index in [1.807, 2.05) is 0 Å². The zero-order valence-electron chi connectivity index (χ0n) is 18.6. The largest absolute Gasteiger partial charge is 0.0654 e. The van der Waals surface area contributed by atoms with Gasteiger partial charge in [-0.3, -0.25) is 0 Å². The molecule has 1 saturated carbocycles. The quantitative estimate of drug-likeness (QED) is 0.382. The molecule has 0 saturated heterocycles. The normalized spacial score (nSPS) is 18.7. The maximum absolute atomic E-state index is 3.36. The summed E-state index contributed by atoms with van der Waals surface area (Å²) in [7, 11) is 0. The Kier molecular flexibility index (Phi) is 6.91. The van der Waals surface area contributed by atoms with Gasteiger partial charge in [0.05, 0.1) is 0 Å². The van der Waals surface area contributed by atoms with Crippen LogP contribution in [0.2, 0.25) is 0 Å². The van der Waals surface area contributed by atoms with Crippen LogP contribution in [-0.2, 0) is 6.42 Å². The Morgan fingerprint density at radius 3 is 2.13 bits per heavy atom. The highest BCUT2D eigenvalue weighted by Gasteiger charge is 2.21. The van der Waals surface area contributed by atoms with Gasteiger partial charge in [-0.1, -0.05) is 81.3 Å². The molecule has 0 atom stereocenters.